The van der Waals surface area contributed by atoms with E-state index >= 15 is 0 Å². The van der Waals surface area contributed by atoms with Crippen LogP contribution in [0.2, 0.25) is 0 Å². The minimum Gasteiger partial charge on any atom is -0.432 e. The summed E-state index contributed by atoms with van der Waals surface area (Å²) in [4.78, 5) is 14.4. The predicted molar refractivity (Wildman–Crippen MR) is 228 cm³/mol. The summed E-state index contributed by atoms with van der Waals surface area (Å²) in [6.07, 6.45) is -19.1. The summed E-state index contributed by atoms with van der Waals surface area (Å²) in [5.41, 5.74) is 0.0505. The van der Waals surface area contributed by atoms with Crippen molar-refractivity contribution in [3.63, 3.8) is 0 Å². The molecule has 3 aliphatic heterocycles. The van der Waals surface area contributed by atoms with Gasteiger partial charge in [0.2, 0.25) is 12.1 Å². The van der Waals surface area contributed by atoms with Crippen molar-refractivity contribution < 1.29 is 99.6 Å². The number of hydrogen-bond donors (Lipinski definition) is 13. The van der Waals surface area contributed by atoms with Gasteiger partial charge in [0, 0.05) is 5.41 Å². The van der Waals surface area contributed by atoms with Crippen molar-refractivity contribution >= 4 is 5.97 Å². The first-order valence-corrected chi connectivity index (χ1v) is 24.3. The van der Waals surface area contributed by atoms with Crippen LogP contribution in [0.25, 0.3) is 0 Å². The smallest absolute Gasteiger partial charge is 0.311 e. The first kappa shape index (κ1) is 51.8. The van der Waals surface area contributed by atoms with Crippen LogP contribution in [0.1, 0.15) is 86.5 Å². The fourth-order valence-electron chi connectivity index (χ4n) is 14.8. The molecule has 5 aliphatic carbocycles. The highest BCUT2D eigenvalue weighted by molar-refractivity contribution is 5.73. The van der Waals surface area contributed by atoms with Gasteiger partial charge < -0.3 is 94.8 Å². The Morgan fingerprint density at radius 3 is 2.10 bits per heavy atom. The standard InChI is InChI=1S/C47H76O20/c1-18-13-22(21-11-12-44(4)23-9-10-29-45(5,14-26(50)38(57)46(29,6)17-49)24(23)7-8-25(44)30(21)19(18)2)40(59)67-42-34(54)32(52)31(51)28(65-42)16-62-41-35(55)33(53)36(27(15-48)64-41)66-43-39(58)47(60,61)37(56)20(3)63-43/h8,18-24,26-39,41-43,48-58,60-61H,7,9-17H2,1-6H3/t18?,19?,20?,21?,22?,23?,24?,26?,27?,28?,29?,30?,31-,32-,33+,34+,35+,36-,37+,38?,39-,41?,42?,43?,44?,45?,46?/m1/s1. The molecule has 0 amide bonds. The maximum Gasteiger partial charge on any atom is 0.311 e. The Hall–Kier alpha value is -1.51. The molecule has 0 spiro atoms. The summed E-state index contributed by atoms with van der Waals surface area (Å²) < 4.78 is 34.0. The van der Waals surface area contributed by atoms with E-state index in [-0.39, 0.29) is 52.9 Å². The summed E-state index contributed by atoms with van der Waals surface area (Å²) >= 11 is 0. The van der Waals surface area contributed by atoms with Crippen LogP contribution in [0.5, 0.6) is 0 Å². The zero-order valence-corrected chi connectivity index (χ0v) is 39.2. The summed E-state index contributed by atoms with van der Waals surface area (Å²) in [5, 5.41) is 139. The van der Waals surface area contributed by atoms with Gasteiger partial charge >= 0.3 is 5.97 Å². The van der Waals surface area contributed by atoms with Crippen LogP contribution in [0, 0.1) is 63.6 Å². The van der Waals surface area contributed by atoms with Crippen molar-refractivity contribution in [2.24, 2.45) is 63.6 Å². The monoisotopic (exact) mass is 960 g/mol. The Morgan fingerprint density at radius 2 is 1.43 bits per heavy atom. The molecule has 384 valence electrons. The number of carbonyl (C=O) groups excluding carboxylic acids is 1. The van der Waals surface area contributed by atoms with E-state index in [4.69, 9.17) is 28.4 Å². The van der Waals surface area contributed by atoms with Crippen LogP contribution in [0.15, 0.2) is 11.6 Å². The molecule has 8 rings (SSSR count). The number of aliphatic hydroxyl groups excluding tert-OH is 11. The maximum atomic E-state index is 14.4. The number of carbonyl (C=O) groups is 1. The first-order chi connectivity index (χ1) is 31.4. The third kappa shape index (κ3) is 8.37. The molecule has 20 heteroatoms. The molecule has 20 nitrogen and oxygen atoms in total. The van der Waals surface area contributed by atoms with E-state index in [1.807, 2.05) is 6.92 Å². The van der Waals surface area contributed by atoms with Crippen molar-refractivity contribution in [1.82, 2.24) is 0 Å². The zero-order valence-electron chi connectivity index (χ0n) is 39.2. The SMILES string of the molecule is CC1CC(C(=O)OC2OC(COC3OC(CO)[C@@H](OC4OC(C)[C@H](O)C(O)(O)[C@@H]4O)[C@@H](O)[C@@H]3O)[C@@H](O)[C@@H](O)[C@@H]2O)C2CCC3(C)C(=CCC4C3CCC3C(C)(CO)C(O)C(O)CC43C)C2C1C. The zero-order chi connectivity index (χ0) is 49.0. The highest BCUT2D eigenvalue weighted by atomic mass is 16.8. The maximum absolute atomic E-state index is 14.4. The van der Waals surface area contributed by atoms with Gasteiger partial charge in [-0.1, -0.05) is 46.3 Å². The van der Waals surface area contributed by atoms with Gasteiger partial charge in [-0.3, -0.25) is 4.79 Å². The number of allylic oxidation sites excluding steroid dienone is 2. The molecule has 3 saturated heterocycles. The quantitative estimate of drug-likeness (QED) is 0.0660. The molecule has 0 aromatic heterocycles. The van der Waals surface area contributed by atoms with E-state index in [0.29, 0.717) is 18.8 Å². The van der Waals surface area contributed by atoms with Crippen molar-refractivity contribution in [3.8, 4) is 0 Å². The van der Waals surface area contributed by atoms with E-state index in [0.717, 1.165) is 32.1 Å². The summed E-state index contributed by atoms with van der Waals surface area (Å²) in [7, 11) is 0. The molecular formula is C47H76O20. The number of aliphatic hydroxyl groups is 13. The Kier molecular flexibility index (Phi) is 14.6. The van der Waals surface area contributed by atoms with E-state index in [2.05, 4.69) is 33.8 Å². The fourth-order valence-corrected chi connectivity index (χ4v) is 14.8. The Labute approximate surface area is 390 Å². The van der Waals surface area contributed by atoms with Crippen LogP contribution < -0.4 is 0 Å². The van der Waals surface area contributed by atoms with E-state index in [9.17, 15) is 71.2 Å². The minimum absolute atomic E-state index is 0.0385. The van der Waals surface area contributed by atoms with Crippen LogP contribution in [-0.2, 0) is 33.2 Å². The fraction of sp³-hybridized carbons (Fsp3) is 0.936. The van der Waals surface area contributed by atoms with Gasteiger partial charge in [-0.15, -0.1) is 0 Å². The molecule has 7 fully saturated rings. The number of hydrogen-bond acceptors (Lipinski definition) is 20. The molecular weight excluding hydrogens is 884 g/mol. The highest BCUT2D eigenvalue weighted by Gasteiger charge is 2.66. The van der Waals surface area contributed by atoms with Crippen LogP contribution >= 0.6 is 0 Å². The number of esters is 1. The summed E-state index contributed by atoms with van der Waals surface area (Å²) in [6, 6.07) is 0. The Balaban J connectivity index is 0.933. The average molecular weight is 961 g/mol. The average Bonchev–Trinajstić information content (AvgIpc) is 3.29. The Morgan fingerprint density at radius 1 is 0.761 bits per heavy atom. The van der Waals surface area contributed by atoms with Crippen molar-refractivity contribution in [2.75, 3.05) is 19.8 Å². The number of ether oxygens (including phenoxy) is 6. The molecule has 0 aromatic rings. The summed E-state index contributed by atoms with van der Waals surface area (Å²) in [5.74, 6) is -3.40. The molecule has 0 bridgehead atoms. The first-order valence-electron chi connectivity index (χ1n) is 24.3. The van der Waals surface area contributed by atoms with Gasteiger partial charge in [0.05, 0.1) is 44.1 Å². The molecule has 19 unspecified atom stereocenters. The number of fused-ring (bicyclic) bond motifs is 7. The molecule has 0 aromatic carbocycles. The van der Waals surface area contributed by atoms with Crippen LogP contribution in [-0.4, -0.2) is 196 Å². The third-order valence-electron chi connectivity index (χ3n) is 18.9. The molecule has 13 N–H and O–H groups in total. The molecule has 27 atom stereocenters. The van der Waals surface area contributed by atoms with Gasteiger partial charge in [-0.25, -0.2) is 0 Å². The third-order valence-corrected chi connectivity index (χ3v) is 18.9. The van der Waals surface area contributed by atoms with E-state index < -0.39 is 135 Å². The predicted octanol–water partition coefficient (Wildman–Crippen LogP) is -2.25. The van der Waals surface area contributed by atoms with E-state index in [1.165, 1.54) is 12.5 Å². The highest BCUT2D eigenvalue weighted by Crippen LogP contribution is 2.70. The molecule has 67 heavy (non-hydrogen) atoms. The molecule has 4 saturated carbocycles. The Bertz CT molecular complexity index is 1800. The van der Waals surface area contributed by atoms with Gasteiger partial charge in [-0.2, -0.15) is 0 Å². The second-order valence-electron chi connectivity index (χ2n) is 22.4. The van der Waals surface area contributed by atoms with Gasteiger partial charge in [-0.05, 0) is 104 Å². The van der Waals surface area contributed by atoms with Crippen molar-refractivity contribution in [1.29, 1.82) is 0 Å². The van der Waals surface area contributed by atoms with Crippen LogP contribution in [0.4, 0.5) is 0 Å². The number of rotatable bonds is 9. The molecule has 0 radical (unpaired) electrons. The largest absolute Gasteiger partial charge is 0.432 e. The molecule has 3 heterocycles. The lowest BCUT2D eigenvalue weighted by molar-refractivity contribution is -0.404. The second-order valence-corrected chi connectivity index (χ2v) is 22.4. The van der Waals surface area contributed by atoms with Crippen molar-refractivity contribution in [3.05, 3.63) is 11.6 Å². The normalized spacial score (nSPS) is 55.2. The van der Waals surface area contributed by atoms with E-state index in [1.54, 1.807) is 0 Å². The summed E-state index contributed by atoms with van der Waals surface area (Å²) in [6.45, 7) is 10.4. The lowest BCUT2D eigenvalue weighted by Crippen LogP contribution is -2.68. The van der Waals surface area contributed by atoms with Crippen molar-refractivity contribution in [2.45, 2.75) is 190 Å². The van der Waals surface area contributed by atoms with Crippen LogP contribution in [0.3, 0.4) is 0 Å². The lowest BCUT2D eigenvalue weighted by atomic mass is 9.38. The second kappa shape index (κ2) is 18.8. The lowest BCUT2D eigenvalue weighted by Gasteiger charge is -2.67. The molecule has 8 aliphatic rings. The topological polar surface area (TPSA) is 335 Å². The van der Waals surface area contributed by atoms with Gasteiger partial charge in [0.15, 0.2) is 18.7 Å². The van der Waals surface area contributed by atoms with Gasteiger partial charge in [0.1, 0.15) is 54.9 Å². The minimum atomic E-state index is -3.07. The van der Waals surface area contributed by atoms with Gasteiger partial charge in [0.25, 0.3) is 0 Å².